The summed E-state index contributed by atoms with van der Waals surface area (Å²) in [6.07, 6.45) is 6.75. The molecule has 0 radical (unpaired) electrons. The van der Waals surface area contributed by atoms with Crippen molar-refractivity contribution in [3.63, 3.8) is 0 Å². The first-order valence-corrected chi connectivity index (χ1v) is 6.56. The third-order valence-corrected chi connectivity index (χ3v) is 4.23. The minimum absolute atomic E-state index is 0.111. The lowest BCUT2D eigenvalue weighted by Gasteiger charge is -2.20. The highest BCUT2D eigenvalue weighted by molar-refractivity contribution is 4.83. The average molecular weight is 212 g/mol. The number of ether oxygens (including phenoxy) is 2. The molecule has 2 aliphatic rings. The fourth-order valence-electron chi connectivity index (χ4n) is 3.25. The third-order valence-electron chi connectivity index (χ3n) is 4.23. The Morgan fingerprint density at radius 2 is 1.60 bits per heavy atom. The van der Waals surface area contributed by atoms with Crippen molar-refractivity contribution in [2.75, 3.05) is 13.2 Å². The maximum Gasteiger partial charge on any atom is 0.158 e. The molecular weight excluding hydrogens is 188 g/mol. The van der Waals surface area contributed by atoms with E-state index in [1.807, 2.05) is 0 Å². The molecule has 15 heavy (non-hydrogen) atoms. The molecule has 2 fully saturated rings. The fourth-order valence-corrected chi connectivity index (χ4v) is 3.25. The van der Waals surface area contributed by atoms with Crippen molar-refractivity contribution in [3.8, 4) is 0 Å². The topological polar surface area (TPSA) is 18.5 Å². The minimum Gasteiger partial charge on any atom is -0.350 e. The standard InChI is InChI=1S/C13H24O2/c1-3-10-7-11(4-2)12(8-10)9-13-14-5-6-15-13/h10-13H,3-9H2,1-2H3. The van der Waals surface area contributed by atoms with Crippen molar-refractivity contribution in [1.82, 2.24) is 0 Å². The number of hydrogen-bond donors (Lipinski definition) is 0. The summed E-state index contributed by atoms with van der Waals surface area (Å²) in [5.41, 5.74) is 0. The molecule has 1 saturated carbocycles. The maximum absolute atomic E-state index is 5.55. The highest BCUT2D eigenvalue weighted by atomic mass is 16.7. The van der Waals surface area contributed by atoms with Crippen molar-refractivity contribution in [2.24, 2.45) is 17.8 Å². The Morgan fingerprint density at radius 1 is 0.933 bits per heavy atom. The second-order valence-corrected chi connectivity index (χ2v) is 5.08. The third kappa shape index (κ3) is 2.73. The van der Waals surface area contributed by atoms with Crippen molar-refractivity contribution in [2.45, 2.75) is 52.2 Å². The molecule has 0 spiro atoms. The van der Waals surface area contributed by atoms with Crippen LogP contribution < -0.4 is 0 Å². The zero-order valence-electron chi connectivity index (χ0n) is 10.1. The molecule has 1 heterocycles. The van der Waals surface area contributed by atoms with Gasteiger partial charge in [-0.3, -0.25) is 0 Å². The summed E-state index contributed by atoms with van der Waals surface area (Å²) >= 11 is 0. The minimum atomic E-state index is 0.111. The van der Waals surface area contributed by atoms with Crippen molar-refractivity contribution >= 4 is 0 Å². The van der Waals surface area contributed by atoms with Gasteiger partial charge in [0.15, 0.2) is 6.29 Å². The molecule has 2 nitrogen and oxygen atoms in total. The van der Waals surface area contributed by atoms with Gasteiger partial charge in [-0.15, -0.1) is 0 Å². The van der Waals surface area contributed by atoms with E-state index in [4.69, 9.17) is 9.47 Å². The largest absolute Gasteiger partial charge is 0.350 e. The first kappa shape index (κ1) is 11.4. The molecule has 88 valence electrons. The number of rotatable bonds is 4. The molecule has 0 amide bonds. The molecule has 0 aromatic carbocycles. The summed E-state index contributed by atoms with van der Waals surface area (Å²) in [5, 5.41) is 0. The smallest absolute Gasteiger partial charge is 0.158 e. The highest BCUT2D eigenvalue weighted by Crippen LogP contribution is 2.42. The van der Waals surface area contributed by atoms with Crippen LogP contribution in [-0.2, 0) is 9.47 Å². The van der Waals surface area contributed by atoms with Crippen molar-refractivity contribution in [3.05, 3.63) is 0 Å². The van der Waals surface area contributed by atoms with E-state index in [9.17, 15) is 0 Å². The summed E-state index contributed by atoms with van der Waals surface area (Å²) in [4.78, 5) is 0. The monoisotopic (exact) mass is 212 g/mol. The SMILES string of the molecule is CCC1CC(CC)C(CC2OCCO2)C1. The molecule has 3 unspecified atom stereocenters. The summed E-state index contributed by atoms with van der Waals surface area (Å²) in [7, 11) is 0. The molecule has 1 aliphatic heterocycles. The molecule has 1 saturated heterocycles. The molecule has 0 aromatic heterocycles. The molecule has 2 rings (SSSR count). The van der Waals surface area contributed by atoms with Crippen LogP contribution >= 0.6 is 0 Å². The van der Waals surface area contributed by atoms with Gasteiger partial charge >= 0.3 is 0 Å². The van der Waals surface area contributed by atoms with Gasteiger partial charge in [-0.25, -0.2) is 0 Å². The Balaban J connectivity index is 1.83. The lowest BCUT2D eigenvalue weighted by molar-refractivity contribution is -0.0602. The molecule has 0 bridgehead atoms. The van der Waals surface area contributed by atoms with Crippen LogP contribution in [0.15, 0.2) is 0 Å². The van der Waals surface area contributed by atoms with Gasteiger partial charge in [0.1, 0.15) is 0 Å². The first-order chi connectivity index (χ1) is 7.33. The van der Waals surface area contributed by atoms with Crippen molar-refractivity contribution in [1.29, 1.82) is 0 Å². The predicted molar refractivity (Wildman–Crippen MR) is 60.6 cm³/mol. The Bertz CT molecular complexity index is 187. The average Bonchev–Trinajstić information content (AvgIpc) is 2.87. The van der Waals surface area contributed by atoms with Crippen molar-refractivity contribution < 1.29 is 9.47 Å². The van der Waals surface area contributed by atoms with Gasteiger partial charge < -0.3 is 9.47 Å². The van der Waals surface area contributed by atoms with E-state index in [2.05, 4.69) is 13.8 Å². The van der Waals surface area contributed by atoms with Crippen LogP contribution in [0.5, 0.6) is 0 Å². The Kier molecular flexibility index (Phi) is 4.04. The second kappa shape index (κ2) is 5.31. The quantitative estimate of drug-likeness (QED) is 0.712. The van der Waals surface area contributed by atoms with Gasteiger partial charge in [0.25, 0.3) is 0 Å². The Morgan fingerprint density at radius 3 is 2.20 bits per heavy atom. The molecule has 2 heteroatoms. The molecule has 0 aromatic rings. The van der Waals surface area contributed by atoms with Crippen LogP contribution in [0.1, 0.15) is 46.0 Å². The predicted octanol–water partition coefficient (Wildman–Crippen LogP) is 3.21. The second-order valence-electron chi connectivity index (χ2n) is 5.08. The Hall–Kier alpha value is -0.0800. The van der Waals surface area contributed by atoms with Gasteiger partial charge in [0.2, 0.25) is 0 Å². The summed E-state index contributed by atoms with van der Waals surface area (Å²) in [6, 6.07) is 0. The molecule has 0 N–H and O–H groups in total. The fraction of sp³-hybridized carbons (Fsp3) is 1.00. The normalized spacial score (nSPS) is 37.6. The van der Waals surface area contributed by atoms with Gasteiger partial charge in [-0.05, 0) is 30.6 Å². The molecular formula is C13H24O2. The zero-order chi connectivity index (χ0) is 10.7. The van der Waals surface area contributed by atoms with Gasteiger partial charge in [-0.2, -0.15) is 0 Å². The Labute approximate surface area is 93.3 Å². The van der Waals surface area contributed by atoms with Gasteiger partial charge in [0.05, 0.1) is 13.2 Å². The van der Waals surface area contributed by atoms with Crippen LogP contribution in [0.3, 0.4) is 0 Å². The lowest BCUT2D eigenvalue weighted by Crippen LogP contribution is -2.17. The van der Waals surface area contributed by atoms with E-state index in [-0.39, 0.29) is 6.29 Å². The van der Waals surface area contributed by atoms with E-state index in [1.165, 1.54) is 25.7 Å². The van der Waals surface area contributed by atoms with Crippen LogP contribution in [0.2, 0.25) is 0 Å². The van der Waals surface area contributed by atoms with E-state index in [0.717, 1.165) is 37.4 Å². The lowest BCUT2D eigenvalue weighted by atomic mass is 9.91. The summed E-state index contributed by atoms with van der Waals surface area (Å²) in [5.74, 6) is 2.73. The van der Waals surface area contributed by atoms with E-state index in [0.29, 0.717) is 0 Å². The van der Waals surface area contributed by atoms with Crippen LogP contribution in [-0.4, -0.2) is 19.5 Å². The van der Waals surface area contributed by atoms with E-state index >= 15 is 0 Å². The number of hydrogen-bond acceptors (Lipinski definition) is 2. The molecule has 1 aliphatic carbocycles. The van der Waals surface area contributed by atoms with Gasteiger partial charge in [0, 0.05) is 6.42 Å². The van der Waals surface area contributed by atoms with Crippen LogP contribution in [0.25, 0.3) is 0 Å². The van der Waals surface area contributed by atoms with Crippen LogP contribution in [0.4, 0.5) is 0 Å². The van der Waals surface area contributed by atoms with Gasteiger partial charge in [-0.1, -0.05) is 26.7 Å². The van der Waals surface area contributed by atoms with E-state index in [1.54, 1.807) is 0 Å². The molecule has 3 atom stereocenters. The van der Waals surface area contributed by atoms with Crippen LogP contribution in [0, 0.1) is 17.8 Å². The first-order valence-electron chi connectivity index (χ1n) is 6.56. The summed E-state index contributed by atoms with van der Waals surface area (Å²) < 4.78 is 11.1. The zero-order valence-corrected chi connectivity index (χ0v) is 10.1. The summed E-state index contributed by atoms with van der Waals surface area (Å²) in [6.45, 7) is 6.24. The maximum atomic E-state index is 5.55. The van der Waals surface area contributed by atoms with E-state index < -0.39 is 0 Å². The highest BCUT2D eigenvalue weighted by Gasteiger charge is 2.34.